The zero-order valence-corrected chi connectivity index (χ0v) is 24.1. The van der Waals surface area contributed by atoms with Gasteiger partial charge in [-0.1, -0.05) is 18.2 Å². The summed E-state index contributed by atoms with van der Waals surface area (Å²) in [5.41, 5.74) is 1.32. The molecule has 0 bridgehead atoms. The Kier molecular flexibility index (Phi) is 8.34. The molecule has 0 unspecified atom stereocenters. The number of benzene rings is 3. The van der Waals surface area contributed by atoms with Gasteiger partial charge in [-0.25, -0.2) is 9.78 Å². The molecule has 5 rings (SSSR count). The van der Waals surface area contributed by atoms with Crippen LogP contribution < -0.4 is 19.8 Å². The van der Waals surface area contributed by atoms with Crippen LogP contribution in [0.5, 0.6) is 17.2 Å². The van der Waals surface area contributed by atoms with Gasteiger partial charge in [-0.2, -0.15) is 9.78 Å². The van der Waals surface area contributed by atoms with Crippen LogP contribution in [0, 0.1) is 0 Å². The Morgan fingerprint density at radius 1 is 1.02 bits per heavy atom. The Bertz CT molecular complexity index is 1830. The summed E-state index contributed by atoms with van der Waals surface area (Å²) in [5.74, 6) is 1.45. The third kappa shape index (κ3) is 5.80. The highest BCUT2D eigenvalue weighted by atomic mass is 79.9. The van der Waals surface area contributed by atoms with E-state index in [-0.39, 0.29) is 24.6 Å². The Balaban J connectivity index is 1.59. The third-order valence-corrected chi connectivity index (χ3v) is 6.60. The molecule has 0 amide bonds. The van der Waals surface area contributed by atoms with Gasteiger partial charge >= 0.3 is 5.97 Å². The van der Waals surface area contributed by atoms with Gasteiger partial charge in [0, 0.05) is 0 Å². The molecule has 2 heterocycles. The van der Waals surface area contributed by atoms with E-state index in [2.05, 4.69) is 21.0 Å². The zero-order valence-electron chi connectivity index (χ0n) is 22.5. The largest absolute Gasteiger partial charge is 0.496 e. The number of fused-ring (bicyclic) bond motifs is 2. The molecule has 2 aromatic heterocycles. The van der Waals surface area contributed by atoms with Gasteiger partial charge in [-0.3, -0.25) is 4.79 Å². The van der Waals surface area contributed by atoms with E-state index in [4.69, 9.17) is 28.3 Å². The van der Waals surface area contributed by atoms with Gasteiger partial charge in [-0.15, -0.1) is 0 Å². The summed E-state index contributed by atoms with van der Waals surface area (Å²) in [6.45, 7) is 3.89. The molecular formula is C30H26BrN3O7. The standard InChI is InChI=1S/C30H26BrN3O7/c1-4-38-25-14-18(13-21(31)28(25)40-17-27(35)39-5-2)16-32-34-29(33-22-10-7-6-9-19(22)30(34)36)26-15-20-23(37-3)11-8-12-24(20)41-26/h6-16H,4-5,17H2,1-3H3. The first kappa shape index (κ1) is 27.9. The number of esters is 1. The maximum atomic E-state index is 13.6. The zero-order chi connectivity index (χ0) is 28.9. The van der Waals surface area contributed by atoms with Gasteiger partial charge in [0.05, 0.1) is 47.3 Å². The van der Waals surface area contributed by atoms with Crippen LogP contribution in [0.15, 0.2) is 79.4 Å². The van der Waals surface area contributed by atoms with Crippen molar-refractivity contribution in [2.24, 2.45) is 5.10 Å². The fourth-order valence-corrected chi connectivity index (χ4v) is 4.81. The monoisotopic (exact) mass is 619 g/mol. The minimum absolute atomic E-state index is 0.224. The highest BCUT2D eigenvalue weighted by Gasteiger charge is 2.19. The first-order chi connectivity index (χ1) is 19.9. The molecule has 210 valence electrons. The molecule has 11 heteroatoms. The first-order valence-electron chi connectivity index (χ1n) is 12.8. The number of furan rings is 1. The van der Waals surface area contributed by atoms with Crippen LogP contribution in [0.25, 0.3) is 33.5 Å². The lowest BCUT2D eigenvalue weighted by Gasteiger charge is -2.14. The SMILES string of the molecule is CCOC(=O)COc1c(Br)cc(C=Nn2c(-c3cc4c(OC)cccc4o3)nc3ccccc3c2=O)cc1OCC. The molecule has 0 aliphatic rings. The molecule has 3 aromatic carbocycles. The minimum atomic E-state index is -0.494. The number of hydrogen-bond donors (Lipinski definition) is 0. The quantitative estimate of drug-likeness (QED) is 0.142. The fourth-order valence-electron chi connectivity index (χ4n) is 4.24. The van der Waals surface area contributed by atoms with Crippen LogP contribution in [0.2, 0.25) is 0 Å². The molecule has 0 aliphatic carbocycles. The smallest absolute Gasteiger partial charge is 0.344 e. The predicted molar refractivity (Wildman–Crippen MR) is 158 cm³/mol. The van der Waals surface area contributed by atoms with Gasteiger partial charge in [-0.05, 0) is 77.8 Å². The molecule has 0 saturated heterocycles. The number of nitrogens with zero attached hydrogens (tertiary/aromatic N) is 3. The van der Waals surface area contributed by atoms with E-state index >= 15 is 0 Å². The number of carbonyl (C=O) groups is 1. The lowest BCUT2D eigenvalue weighted by atomic mass is 10.2. The van der Waals surface area contributed by atoms with E-state index in [0.29, 0.717) is 56.1 Å². The normalized spacial score (nSPS) is 11.3. The van der Waals surface area contributed by atoms with Crippen LogP contribution >= 0.6 is 15.9 Å². The molecule has 5 aromatic rings. The summed E-state index contributed by atoms with van der Waals surface area (Å²) in [5, 5.41) is 5.67. The van der Waals surface area contributed by atoms with Gasteiger partial charge in [0.25, 0.3) is 5.56 Å². The number of halogens is 1. The molecule has 0 spiro atoms. The van der Waals surface area contributed by atoms with Gasteiger partial charge in [0.15, 0.2) is 23.9 Å². The number of rotatable bonds is 10. The number of methoxy groups -OCH3 is 1. The maximum Gasteiger partial charge on any atom is 0.344 e. The second-order valence-electron chi connectivity index (χ2n) is 8.65. The number of hydrogen-bond acceptors (Lipinski definition) is 9. The molecule has 0 radical (unpaired) electrons. The summed E-state index contributed by atoms with van der Waals surface area (Å²) in [6.07, 6.45) is 1.51. The van der Waals surface area contributed by atoms with E-state index < -0.39 is 5.97 Å². The van der Waals surface area contributed by atoms with Crippen molar-refractivity contribution >= 4 is 50.0 Å². The van der Waals surface area contributed by atoms with Gasteiger partial charge in [0.2, 0.25) is 5.82 Å². The highest BCUT2D eigenvalue weighted by Crippen LogP contribution is 2.37. The average molecular weight is 620 g/mol. The Morgan fingerprint density at radius 2 is 1.85 bits per heavy atom. The first-order valence-corrected chi connectivity index (χ1v) is 13.6. The second-order valence-corrected chi connectivity index (χ2v) is 9.51. The fraction of sp³-hybridized carbons (Fsp3) is 0.200. The summed E-state index contributed by atoms with van der Waals surface area (Å²) in [4.78, 5) is 30.2. The molecule has 10 nitrogen and oxygen atoms in total. The molecule has 41 heavy (non-hydrogen) atoms. The highest BCUT2D eigenvalue weighted by molar-refractivity contribution is 9.10. The molecule has 0 aliphatic heterocycles. The Hall–Kier alpha value is -4.64. The average Bonchev–Trinajstić information content (AvgIpc) is 3.41. The summed E-state index contributed by atoms with van der Waals surface area (Å²) in [6, 6.07) is 17.7. The Morgan fingerprint density at radius 3 is 2.63 bits per heavy atom. The minimum Gasteiger partial charge on any atom is -0.496 e. The molecule has 0 saturated carbocycles. The van der Waals surface area contributed by atoms with Crippen molar-refractivity contribution in [1.29, 1.82) is 0 Å². The number of para-hydroxylation sites is 1. The molecule has 0 atom stereocenters. The topological polar surface area (TPSA) is 114 Å². The molecule has 0 fully saturated rings. The number of ether oxygens (including phenoxy) is 4. The van der Waals surface area contributed by atoms with Crippen LogP contribution in [-0.4, -0.2) is 48.8 Å². The van der Waals surface area contributed by atoms with Crippen LogP contribution in [0.3, 0.4) is 0 Å². The second kappa shape index (κ2) is 12.3. The summed E-state index contributed by atoms with van der Waals surface area (Å²) < 4.78 is 29.6. The van der Waals surface area contributed by atoms with E-state index in [1.165, 1.54) is 10.9 Å². The van der Waals surface area contributed by atoms with E-state index in [0.717, 1.165) is 5.39 Å². The van der Waals surface area contributed by atoms with E-state index in [9.17, 15) is 9.59 Å². The van der Waals surface area contributed by atoms with Crippen molar-refractivity contribution in [3.8, 4) is 28.8 Å². The summed E-state index contributed by atoms with van der Waals surface area (Å²) >= 11 is 3.49. The van der Waals surface area contributed by atoms with Crippen LogP contribution in [0.4, 0.5) is 0 Å². The van der Waals surface area contributed by atoms with Crippen molar-refractivity contribution in [2.75, 3.05) is 26.9 Å². The number of aromatic nitrogens is 2. The van der Waals surface area contributed by atoms with Crippen molar-refractivity contribution in [3.05, 3.63) is 81.1 Å². The van der Waals surface area contributed by atoms with Crippen molar-refractivity contribution < 1.29 is 28.2 Å². The lowest BCUT2D eigenvalue weighted by Crippen LogP contribution is -2.20. The molecular weight excluding hydrogens is 594 g/mol. The number of carbonyl (C=O) groups excluding carboxylic acids is 1. The van der Waals surface area contributed by atoms with E-state index in [1.54, 1.807) is 50.4 Å². The van der Waals surface area contributed by atoms with E-state index in [1.807, 2.05) is 31.2 Å². The lowest BCUT2D eigenvalue weighted by molar-refractivity contribution is -0.145. The van der Waals surface area contributed by atoms with Crippen molar-refractivity contribution in [2.45, 2.75) is 13.8 Å². The van der Waals surface area contributed by atoms with Crippen molar-refractivity contribution in [1.82, 2.24) is 9.66 Å². The van der Waals surface area contributed by atoms with Gasteiger partial charge < -0.3 is 23.4 Å². The van der Waals surface area contributed by atoms with Gasteiger partial charge in [0.1, 0.15) is 11.3 Å². The maximum absolute atomic E-state index is 13.6. The van der Waals surface area contributed by atoms with Crippen molar-refractivity contribution in [3.63, 3.8) is 0 Å². The third-order valence-electron chi connectivity index (χ3n) is 6.01. The van der Waals surface area contributed by atoms with Crippen LogP contribution in [0.1, 0.15) is 19.4 Å². The predicted octanol–water partition coefficient (Wildman–Crippen LogP) is 5.80. The van der Waals surface area contributed by atoms with Crippen LogP contribution in [-0.2, 0) is 9.53 Å². The Labute approximate surface area is 243 Å². The summed E-state index contributed by atoms with van der Waals surface area (Å²) in [7, 11) is 1.58. The molecule has 0 N–H and O–H groups in total.